The fraction of sp³-hybridized carbons (Fsp3) is 0.286. The Morgan fingerprint density at radius 3 is 2.59 bits per heavy atom. The number of aromatic carboxylic acids is 1. The van der Waals surface area contributed by atoms with E-state index in [1.54, 1.807) is 28.2 Å². The van der Waals surface area contributed by atoms with Crippen molar-refractivity contribution in [2.75, 3.05) is 6.54 Å². The van der Waals surface area contributed by atoms with Gasteiger partial charge in [-0.15, -0.1) is 0 Å². The van der Waals surface area contributed by atoms with Gasteiger partial charge in [0.15, 0.2) is 0 Å². The topological polar surface area (TPSA) is 71.3 Å². The van der Waals surface area contributed by atoms with Crippen molar-refractivity contribution in [1.29, 1.82) is 0 Å². The van der Waals surface area contributed by atoms with E-state index in [1.165, 1.54) is 12.1 Å². The lowest BCUT2D eigenvalue weighted by atomic mass is 10.1. The predicted molar refractivity (Wildman–Crippen MR) is 72.6 cm³/mol. The number of nitrogens with one attached hydrogen (secondary N) is 1. The van der Waals surface area contributed by atoms with Gasteiger partial charge >= 0.3 is 18.1 Å². The minimum Gasteiger partial charge on any atom is -0.478 e. The van der Waals surface area contributed by atoms with Crippen LogP contribution in [0.15, 0.2) is 30.5 Å². The van der Waals surface area contributed by atoms with Crippen LogP contribution < -0.4 is 5.32 Å². The predicted octanol–water partition coefficient (Wildman–Crippen LogP) is 2.41. The van der Waals surface area contributed by atoms with E-state index in [0.29, 0.717) is 13.0 Å². The first kappa shape index (κ1) is 15.9. The van der Waals surface area contributed by atoms with Gasteiger partial charge in [-0.2, -0.15) is 13.2 Å². The van der Waals surface area contributed by atoms with Gasteiger partial charge in [-0.05, 0) is 30.7 Å². The molecule has 1 aromatic heterocycles. The molecule has 0 aliphatic heterocycles. The van der Waals surface area contributed by atoms with E-state index in [9.17, 15) is 22.8 Å². The molecule has 0 unspecified atom stereocenters. The molecule has 1 amide bonds. The van der Waals surface area contributed by atoms with Crippen LogP contribution in [-0.4, -0.2) is 34.3 Å². The molecule has 2 rings (SSSR count). The van der Waals surface area contributed by atoms with Crippen LogP contribution in [0.5, 0.6) is 0 Å². The maximum atomic E-state index is 12.0. The van der Waals surface area contributed by atoms with Gasteiger partial charge in [0.2, 0.25) is 0 Å². The van der Waals surface area contributed by atoms with Crippen molar-refractivity contribution in [3.8, 4) is 0 Å². The third-order valence-corrected chi connectivity index (χ3v) is 3.14. The smallest absolute Gasteiger partial charge is 0.471 e. The van der Waals surface area contributed by atoms with Gasteiger partial charge in [0, 0.05) is 30.2 Å². The second-order valence-electron chi connectivity index (χ2n) is 4.70. The van der Waals surface area contributed by atoms with Crippen molar-refractivity contribution in [1.82, 2.24) is 9.88 Å². The summed E-state index contributed by atoms with van der Waals surface area (Å²) < 4.78 is 37.8. The molecular weight excluding hydrogens is 301 g/mol. The SMILES string of the molecule is O=C(O)c1ccc2c(ccn2CCCNC(=O)C(F)(F)F)c1. The molecule has 0 saturated heterocycles. The molecule has 8 heteroatoms. The zero-order chi connectivity index (χ0) is 16.3. The lowest BCUT2D eigenvalue weighted by molar-refractivity contribution is -0.173. The number of carboxylic acid groups (broad SMARTS) is 1. The highest BCUT2D eigenvalue weighted by Gasteiger charge is 2.38. The highest BCUT2D eigenvalue weighted by Crippen LogP contribution is 2.18. The number of hydrogen-bond donors (Lipinski definition) is 2. The molecule has 0 fully saturated rings. The fourth-order valence-corrected chi connectivity index (χ4v) is 2.08. The van der Waals surface area contributed by atoms with Gasteiger partial charge in [-0.1, -0.05) is 0 Å². The monoisotopic (exact) mass is 314 g/mol. The van der Waals surface area contributed by atoms with Crippen LogP contribution in [-0.2, 0) is 11.3 Å². The molecule has 5 nitrogen and oxygen atoms in total. The van der Waals surface area contributed by atoms with Crippen LogP contribution in [0.3, 0.4) is 0 Å². The number of hydrogen-bond acceptors (Lipinski definition) is 2. The number of aryl methyl sites for hydroxylation is 1. The summed E-state index contributed by atoms with van der Waals surface area (Å²) in [5.74, 6) is -2.97. The lowest BCUT2D eigenvalue weighted by Crippen LogP contribution is -2.37. The summed E-state index contributed by atoms with van der Waals surface area (Å²) in [6, 6.07) is 6.37. The summed E-state index contributed by atoms with van der Waals surface area (Å²) in [5, 5.41) is 11.4. The molecular formula is C14H13F3N2O3. The van der Waals surface area contributed by atoms with E-state index in [1.807, 2.05) is 0 Å². The zero-order valence-electron chi connectivity index (χ0n) is 11.4. The Morgan fingerprint density at radius 1 is 1.23 bits per heavy atom. The molecule has 0 saturated carbocycles. The third-order valence-electron chi connectivity index (χ3n) is 3.14. The van der Waals surface area contributed by atoms with E-state index >= 15 is 0 Å². The minimum atomic E-state index is -4.87. The van der Waals surface area contributed by atoms with Crippen molar-refractivity contribution in [2.45, 2.75) is 19.1 Å². The number of benzene rings is 1. The van der Waals surface area contributed by atoms with Crippen molar-refractivity contribution in [2.24, 2.45) is 0 Å². The van der Waals surface area contributed by atoms with Crippen molar-refractivity contribution >= 4 is 22.8 Å². The van der Waals surface area contributed by atoms with Gasteiger partial charge in [0.25, 0.3) is 0 Å². The molecule has 0 bridgehead atoms. The maximum absolute atomic E-state index is 12.0. The summed E-state index contributed by atoms with van der Waals surface area (Å²) in [6.07, 6.45) is -2.82. The quantitative estimate of drug-likeness (QED) is 0.833. The largest absolute Gasteiger partial charge is 0.478 e. The lowest BCUT2D eigenvalue weighted by Gasteiger charge is -2.09. The number of fused-ring (bicyclic) bond motifs is 1. The first-order valence-electron chi connectivity index (χ1n) is 6.46. The zero-order valence-corrected chi connectivity index (χ0v) is 11.4. The van der Waals surface area contributed by atoms with Crippen LogP contribution in [0, 0.1) is 0 Å². The van der Waals surface area contributed by atoms with Crippen molar-refractivity contribution in [3.63, 3.8) is 0 Å². The summed E-state index contributed by atoms with van der Waals surface area (Å²) in [7, 11) is 0. The first-order chi connectivity index (χ1) is 10.3. The molecule has 0 atom stereocenters. The van der Waals surface area contributed by atoms with Gasteiger partial charge < -0.3 is 15.0 Å². The number of halogens is 3. The summed E-state index contributed by atoms with van der Waals surface area (Å²) >= 11 is 0. The maximum Gasteiger partial charge on any atom is 0.471 e. The molecule has 0 aliphatic carbocycles. The number of carboxylic acids is 1. The Kier molecular flexibility index (Phi) is 4.39. The summed E-state index contributed by atoms with van der Waals surface area (Å²) in [5.41, 5.74) is 0.954. The Balaban J connectivity index is 1.95. The first-order valence-corrected chi connectivity index (χ1v) is 6.46. The number of carbonyl (C=O) groups is 2. The van der Waals surface area contributed by atoms with E-state index in [4.69, 9.17) is 5.11 Å². The molecule has 0 aliphatic rings. The standard InChI is InChI=1S/C14H13F3N2O3/c15-14(16,17)13(22)18-5-1-6-19-7-4-9-8-10(12(20)21)2-3-11(9)19/h2-4,7-8H,1,5-6H2,(H,18,22)(H,20,21). The third kappa shape index (κ3) is 3.57. The number of rotatable bonds is 5. The Bertz CT molecular complexity index is 707. The molecule has 1 heterocycles. The van der Waals surface area contributed by atoms with E-state index in [2.05, 4.69) is 0 Å². The van der Waals surface area contributed by atoms with Crippen molar-refractivity contribution < 1.29 is 27.9 Å². The van der Waals surface area contributed by atoms with Gasteiger partial charge in [-0.25, -0.2) is 4.79 Å². The van der Waals surface area contributed by atoms with Crippen LogP contribution in [0.1, 0.15) is 16.8 Å². The van der Waals surface area contributed by atoms with E-state index < -0.39 is 18.1 Å². The highest BCUT2D eigenvalue weighted by molar-refractivity contribution is 5.93. The Hall–Kier alpha value is -2.51. The molecule has 2 aromatic rings. The minimum absolute atomic E-state index is 0.0920. The molecule has 1 aromatic carbocycles. The van der Waals surface area contributed by atoms with Gasteiger partial charge in [0.05, 0.1) is 5.56 Å². The number of carbonyl (C=O) groups excluding carboxylic acids is 1. The number of aromatic nitrogens is 1. The molecule has 0 radical (unpaired) electrons. The van der Waals surface area contributed by atoms with E-state index in [-0.39, 0.29) is 12.1 Å². The van der Waals surface area contributed by atoms with Gasteiger partial charge in [-0.3, -0.25) is 4.79 Å². The van der Waals surface area contributed by atoms with Crippen LogP contribution in [0.4, 0.5) is 13.2 Å². The number of alkyl halides is 3. The second-order valence-corrected chi connectivity index (χ2v) is 4.70. The van der Waals surface area contributed by atoms with Crippen LogP contribution in [0.2, 0.25) is 0 Å². The van der Waals surface area contributed by atoms with Gasteiger partial charge in [0.1, 0.15) is 0 Å². The fourth-order valence-electron chi connectivity index (χ4n) is 2.08. The van der Waals surface area contributed by atoms with E-state index in [0.717, 1.165) is 10.9 Å². The average Bonchev–Trinajstić information content (AvgIpc) is 2.84. The molecule has 0 spiro atoms. The molecule has 118 valence electrons. The summed E-state index contributed by atoms with van der Waals surface area (Å²) in [6.45, 7) is 0.319. The molecule has 2 N–H and O–H groups in total. The summed E-state index contributed by atoms with van der Waals surface area (Å²) in [4.78, 5) is 21.5. The second kappa shape index (κ2) is 6.08. The molecule has 22 heavy (non-hydrogen) atoms. The number of amides is 1. The van der Waals surface area contributed by atoms with Crippen LogP contribution >= 0.6 is 0 Å². The number of nitrogens with zero attached hydrogens (tertiary/aromatic N) is 1. The van der Waals surface area contributed by atoms with Crippen LogP contribution in [0.25, 0.3) is 10.9 Å². The Labute approximate surface area is 123 Å². The average molecular weight is 314 g/mol. The Morgan fingerprint density at radius 2 is 1.95 bits per heavy atom. The highest BCUT2D eigenvalue weighted by atomic mass is 19.4. The normalized spacial score (nSPS) is 11.6. The van der Waals surface area contributed by atoms with Crippen molar-refractivity contribution in [3.05, 3.63) is 36.0 Å².